The van der Waals surface area contributed by atoms with Gasteiger partial charge in [-0.05, 0) is 36.2 Å². The van der Waals surface area contributed by atoms with E-state index >= 15 is 0 Å². The number of aromatic nitrogens is 2. The van der Waals surface area contributed by atoms with Gasteiger partial charge in [0, 0.05) is 11.2 Å². The largest absolute Gasteiger partial charge is 0.322 e. The van der Waals surface area contributed by atoms with E-state index in [4.69, 9.17) is 17.3 Å². The molecule has 0 saturated carbocycles. The first-order valence-electron chi connectivity index (χ1n) is 5.12. The molecule has 1 unspecified atom stereocenters. The molecule has 0 fully saturated rings. The lowest BCUT2D eigenvalue weighted by Crippen LogP contribution is -2.15. The van der Waals surface area contributed by atoms with Gasteiger partial charge in [0.25, 0.3) is 0 Å². The first-order chi connectivity index (χ1) is 8.16. The summed E-state index contributed by atoms with van der Waals surface area (Å²) < 4.78 is 13.1. The fourth-order valence-electron chi connectivity index (χ4n) is 1.56. The second-order valence-electron chi connectivity index (χ2n) is 3.68. The molecule has 88 valence electrons. The molecule has 0 bridgehead atoms. The summed E-state index contributed by atoms with van der Waals surface area (Å²) in [7, 11) is 0. The van der Waals surface area contributed by atoms with Crippen molar-refractivity contribution in [2.24, 2.45) is 5.73 Å². The Morgan fingerprint density at radius 2 is 2.18 bits per heavy atom. The van der Waals surface area contributed by atoms with Crippen LogP contribution in [-0.2, 0) is 6.42 Å². The molecule has 5 heteroatoms. The number of halogens is 2. The number of hydrogen-bond donors (Lipinski definition) is 1. The minimum Gasteiger partial charge on any atom is -0.322 e. The molecule has 0 aliphatic rings. The molecule has 3 nitrogen and oxygen atoms in total. The number of rotatable bonds is 3. The van der Waals surface area contributed by atoms with Crippen LogP contribution < -0.4 is 5.73 Å². The van der Waals surface area contributed by atoms with E-state index in [9.17, 15) is 4.39 Å². The van der Waals surface area contributed by atoms with E-state index in [2.05, 4.69) is 9.97 Å². The third kappa shape index (κ3) is 2.99. The van der Waals surface area contributed by atoms with Crippen molar-refractivity contribution >= 4 is 11.6 Å². The summed E-state index contributed by atoms with van der Waals surface area (Å²) in [5.41, 5.74) is 7.36. The van der Waals surface area contributed by atoms with Gasteiger partial charge in [0.05, 0.1) is 11.7 Å². The van der Waals surface area contributed by atoms with Crippen molar-refractivity contribution in [2.75, 3.05) is 0 Å². The Morgan fingerprint density at radius 3 is 2.88 bits per heavy atom. The van der Waals surface area contributed by atoms with Crippen molar-refractivity contribution in [1.82, 2.24) is 9.97 Å². The molecule has 0 amide bonds. The smallest absolute Gasteiger partial charge is 0.123 e. The summed E-state index contributed by atoms with van der Waals surface area (Å²) in [5.74, 6) is -0.320. The quantitative estimate of drug-likeness (QED) is 0.912. The number of benzene rings is 1. The van der Waals surface area contributed by atoms with Crippen LogP contribution in [-0.4, -0.2) is 9.97 Å². The molecule has 0 spiro atoms. The van der Waals surface area contributed by atoms with Gasteiger partial charge in [-0.25, -0.2) is 14.4 Å². The van der Waals surface area contributed by atoms with E-state index in [-0.39, 0.29) is 11.9 Å². The zero-order valence-electron chi connectivity index (χ0n) is 8.98. The van der Waals surface area contributed by atoms with Gasteiger partial charge in [0.15, 0.2) is 0 Å². The lowest BCUT2D eigenvalue weighted by atomic mass is 10.0. The molecule has 1 aromatic heterocycles. The highest BCUT2D eigenvalue weighted by Crippen LogP contribution is 2.22. The summed E-state index contributed by atoms with van der Waals surface area (Å²) in [5, 5.41) is 0.510. The van der Waals surface area contributed by atoms with E-state index in [1.54, 1.807) is 12.3 Å². The molecule has 2 N–H and O–H groups in total. The van der Waals surface area contributed by atoms with E-state index in [0.717, 1.165) is 0 Å². The highest BCUT2D eigenvalue weighted by atomic mass is 35.5. The van der Waals surface area contributed by atoms with Crippen molar-refractivity contribution in [3.05, 3.63) is 58.9 Å². The topological polar surface area (TPSA) is 51.8 Å². The molecule has 1 aromatic carbocycles. The van der Waals surface area contributed by atoms with Gasteiger partial charge < -0.3 is 5.73 Å². The van der Waals surface area contributed by atoms with Gasteiger partial charge in [0.2, 0.25) is 0 Å². The van der Waals surface area contributed by atoms with Crippen LogP contribution in [0.25, 0.3) is 0 Å². The second-order valence-corrected chi connectivity index (χ2v) is 4.09. The van der Waals surface area contributed by atoms with Crippen LogP contribution in [0.4, 0.5) is 4.39 Å². The van der Waals surface area contributed by atoms with Gasteiger partial charge in [0.1, 0.15) is 12.1 Å². The maximum absolute atomic E-state index is 13.1. The predicted molar refractivity (Wildman–Crippen MR) is 64.1 cm³/mol. The molecule has 0 radical (unpaired) electrons. The Bertz CT molecular complexity index is 504. The zero-order chi connectivity index (χ0) is 12.3. The van der Waals surface area contributed by atoms with Gasteiger partial charge >= 0.3 is 0 Å². The van der Waals surface area contributed by atoms with Crippen molar-refractivity contribution in [1.29, 1.82) is 0 Å². The summed E-state index contributed by atoms with van der Waals surface area (Å²) in [6.07, 6.45) is 3.49. The lowest BCUT2D eigenvalue weighted by Gasteiger charge is -2.11. The van der Waals surface area contributed by atoms with Gasteiger partial charge in [-0.2, -0.15) is 0 Å². The van der Waals surface area contributed by atoms with Crippen LogP contribution in [0.3, 0.4) is 0 Å². The zero-order valence-corrected chi connectivity index (χ0v) is 9.73. The Hall–Kier alpha value is -1.52. The van der Waals surface area contributed by atoms with Crippen molar-refractivity contribution in [3.63, 3.8) is 0 Å². The van der Waals surface area contributed by atoms with Gasteiger partial charge in [-0.15, -0.1) is 0 Å². The average Bonchev–Trinajstić information content (AvgIpc) is 2.35. The normalized spacial score (nSPS) is 12.4. The van der Waals surface area contributed by atoms with E-state index in [0.29, 0.717) is 22.7 Å². The summed E-state index contributed by atoms with van der Waals surface area (Å²) >= 11 is 5.97. The average molecular weight is 252 g/mol. The Balaban J connectivity index is 2.18. The van der Waals surface area contributed by atoms with Gasteiger partial charge in [-0.3, -0.25) is 0 Å². The Labute approximate surface area is 103 Å². The van der Waals surface area contributed by atoms with Crippen LogP contribution >= 0.6 is 11.6 Å². The number of nitrogens with zero attached hydrogens (tertiary/aromatic N) is 2. The first kappa shape index (κ1) is 12.0. The van der Waals surface area contributed by atoms with E-state index in [1.165, 1.54) is 24.5 Å². The number of nitrogens with two attached hydrogens (primary N) is 1. The summed E-state index contributed by atoms with van der Waals surface area (Å²) in [4.78, 5) is 7.87. The van der Waals surface area contributed by atoms with Crippen molar-refractivity contribution in [3.8, 4) is 0 Å². The van der Waals surface area contributed by atoms with Crippen molar-refractivity contribution < 1.29 is 4.39 Å². The van der Waals surface area contributed by atoms with E-state index < -0.39 is 0 Å². The van der Waals surface area contributed by atoms with Crippen LogP contribution in [0.2, 0.25) is 5.02 Å². The SMILES string of the molecule is NC(Cc1cc(F)ccc1Cl)c1ccncn1. The maximum atomic E-state index is 13.1. The summed E-state index contributed by atoms with van der Waals surface area (Å²) in [6.45, 7) is 0. The number of hydrogen-bond acceptors (Lipinski definition) is 3. The Kier molecular flexibility index (Phi) is 3.66. The molecule has 1 atom stereocenters. The fraction of sp³-hybridized carbons (Fsp3) is 0.167. The molecule has 0 saturated heterocycles. The molecule has 0 aliphatic heterocycles. The standard InChI is InChI=1S/C12H11ClFN3/c13-10-2-1-9(14)5-8(10)6-11(15)12-3-4-16-7-17-12/h1-5,7,11H,6,15H2. The predicted octanol–water partition coefficient (Wildman–Crippen LogP) is 2.51. The van der Waals surface area contributed by atoms with Crippen molar-refractivity contribution in [2.45, 2.75) is 12.5 Å². The minimum absolute atomic E-state index is 0.320. The van der Waals surface area contributed by atoms with Gasteiger partial charge in [-0.1, -0.05) is 11.6 Å². The lowest BCUT2D eigenvalue weighted by molar-refractivity contribution is 0.620. The fourth-order valence-corrected chi connectivity index (χ4v) is 1.76. The summed E-state index contributed by atoms with van der Waals surface area (Å²) in [6, 6.07) is 5.65. The second kappa shape index (κ2) is 5.21. The van der Waals surface area contributed by atoms with Crippen LogP contribution in [0.1, 0.15) is 17.3 Å². The maximum Gasteiger partial charge on any atom is 0.123 e. The first-order valence-corrected chi connectivity index (χ1v) is 5.50. The third-order valence-corrected chi connectivity index (χ3v) is 2.80. The molecule has 0 aliphatic carbocycles. The molecule has 17 heavy (non-hydrogen) atoms. The Morgan fingerprint density at radius 1 is 1.35 bits per heavy atom. The minimum atomic E-state index is -0.322. The highest BCUT2D eigenvalue weighted by Gasteiger charge is 2.11. The molecule has 1 heterocycles. The molecule has 2 rings (SSSR count). The molecular formula is C12H11ClFN3. The van der Waals surface area contributed by atoms with E-state index in [1.807, 2.05) is 0 Å². The highest BCUT2D eigenvalue weighted by molar-refractivity contribution is 6.31. The molecular weight excluding hydrogens is 241 g/mol. The van der Waals surface area contributed by atoms with Crippen LogP contribution in [0, 0.1) is 5.82 Å². The molecule has 2 aromatic rings. The van der Waals surface area contributed by atoms with Crippen LogP contribution in [0.15, 0.2) is 36.8 Å². The monoisotopic (exact) mass is 251 g/mol. The van der Waals surface area contributed by atoms with Crippen LogP contribution in [0.5, 0.6) is 0 Å². The third-order valence-electron chi connectivity index (χ3n) is 2.43.